The Labute approximate surface area is 65.6 Å². The van der Waals surface area contributed by atoms with Crippen LogP contribution in [0.4, 0.5) is 0 Å². The molecule has 76 valence electrons. The average molecular weight is 244 g/mol. The molecule has 7 N–H and O–H groups in total. The van der Waals surface area contributed by atoms with Crippen molar-refractivity contribution in [2.24, 2.45) is 0 Å². The maximum atomic E-state index is 10.1. The molecule has 12 heteroatoms. The first-order valence-corrected chi connectivity index (χ1v) is 8.90. The molecule has 0 aliphatic rings. The van der Waals surface area contributed by atoms with Gasteiger partial charge in [0.15, 0.2) is 0 Å². The predicted octanol–water partition coefficient (Wildman–Crippen LogP) is -1.55. The Kier molecular flexibility index (Phi) is 2.69. The van der Waals surface area contributed by atoms with Crippen LogP contribution in [0.15, 0.2) is 0 Å². The first-order valence-electron chi connectivity index (χ1n) is 2.17. The Morgan fingerprint density at radius 3 is 0.917 bits per heavy atom. The van der Waals surface area contributed by atoms with Crippen LogP contribution in [0.2, 0.25) is 0 Å². The molecule has 0 spiro atoms. The molecule has 0 radical (unpaired) electrons. The van der Waals surface area contributed by atoms with E-state index in [1.165, 1.54) is 0 Å². The zero-order valence-corrected chi connectivity index (χ0v) is 7.97. The average Bonchev–Trinajstić information content (AvgIpc) is 1.55. The van der Waals surface area contributed by atoms with E-state index in [9.17, 15) is 9.13 Å². The van der Waals surface area contributed by atoms with Gasteiger partial charge in [-0.15, -0.1) is 0 Å². The molecule has 0 aromatic heterocycles. The fraction of sp³-hybridized carbons (Fsp3) is 0. The Morgan fingerprint density at radius 1 is 0.750 bits per heavy atom. The van der Waals surface area contributed by atoms with E-state index < -0.39 is 21.2 Å². The van der Waals surface area contributed by atoms with Crippen LogP contribution in [0.5, 0.6) is 0 Å². The molecule has 0 amide bonds. The van der Waals surface area contributed by atoms with Crippen LogP contribution in [-0.2, 0) is 9.13 Å². The van der Waals surface area contributed by atoms with Gasteiger partial charge in [0.2, 0.25) is 0 Å². The van der Waals surface area contributed by atoms with E-state index in [-0.39, 0.29) is 0 Å². The molecule has 0 atom stereocenters. The summed E-state index contributed by atoms with van der Waals surface area (Å²) in [7, 11) is -12.1. The van der Waals surface area contributed by atoms with Crippen molar-refractivity contribution in [1.29, 1.82) is 0 Å². The molecule has 0 aromatic rings. The van der Waals surface area contributed by atoms with E-state index >= 15 is 0 Å². The van der Waals surface area contributed by atoms with Crippen molar-refractivity contribution < 1.29 is 43.4 Å². The Hall–Kier alpha value is 0.610. The van der Waals surface area contributed by atoms with Crippen LogP contribution < -0.4 is 0 Å². The second-order valence-electron chi connectivity index (χ2n) is 1.92. The molecule has 9 nitrogen and oxygen atoms in total. The molecule has 0 unspecified atom stereocenters. The van der Waals surface area contributed by atoms with Crippen LogP contribution in [0.3, 0.4) is 0 Å². The molecule has 0 aliphatic heterocycles. The first-order chi connectivity index (χ1) is 4.79. The zero-order chi connectivity index (χ0) is 10.4. The van der Waals surface area contributed by atoms with Crippen molar-refractivity contribution in [3.63, 3.8) is 0 Å². The van der Waals surface area contributed by atoms with E-state index in [0.29, 0.717) is 0 Å². The third-order valence-corrected chi connectivity index (χ3v) is 12.6. The quantitative estimate of drug-likeness (QED) is 0.283. The minimum atomic E-state index is -7.25. The van der Waals surface area contributed by atoms with Gasteiger partial charge in [-0.1, -0.05) is 0 Å². The number of hydrogen-bond donors (Lipinski definition) is 7. The summed E-state index contributed by atoms with van der Waals surface area (Å²) in [4.78, 5) is 57.4. The van der Waals surface area contributed by atoms with Crippen molar-refractivity contribution >= 4 is 21.2 Å². The fourth-order valence-corrected chi connectivity index (χ4v) is 4.10. The molecule has 0 aromatic carbocycles. The molecule has 0 fully saturated rings. The number of rotatable bonds is 2. The Bertz CT molecular complexity index is 240. The standard InChI is InChI=1S/H7O9P3/c1-10(2,3)12(7,8,9)11(4,5)6/h7-9H,(H2,1,2,3)(H2,4,5,6). The predicted molar refractivity (Wildman–Crippen MR) is 37.7 cm³/mol. The normalized spacial score (nSPS) is 18.4. The van der Waals surface area contributed by atoms with Crippen molar-refractivity contribution in [3.8, 4) is 0 Å². The molecule has 0 bridgehead atoms. The summed E-state index contributed by atoms with van der Waals surface area (Å²) in [5.74, 6) is 0. The van der Waals surface area contributed by atoms with Gasteiger partial charge in [-0.05, 0) is 0 Å². The third-order valence-electron chi connectivity index (χ3n) is 0.932. The maximum absolute atomic E-state index is 10.1. The fourth-order valence-electron chi connectivity index (χ4n) is 0.152. The second kappa shape index (κ2) is 2.56. The molecule has 0 saturated heterocycles. The van der Waals surface area contributed by atoms with E-state index in [1.807, 2.05) is 0 Å². The van der Waals surface area contributed by atoms with Gasteiger partial charge in [0.1, 0.15) is 0 Å². The monoisotopic (exact) mass is 244 g/mol. The summed E-state index contributed by atoms with van der Waals surface area (Å²) < 4.78 is 20.3. The van der Waals surface area contributed by atoms with Gasteiger partial charge < -0.3 is 0 Å². The van der Waals surface area contributed by atoms with Gasteiger partial charge in [-0.25, -0.2) is 0 Å². The summed E-state index contributed by atoms with van der Waals surface area (Å²) in [6, 6.07) is 0. The van der Waals surface area contributed by atoms with Crippen molar-refractivity contribution in [1.82, 2.24) is 0 Å². The molecule has 0 heterocycles. The van der Waals surface area contributed by atoms with E-state index in [2.05, 4.69) is 0 Å². The molecule has 12 heavy (non-hydrogen) atoms. The summed E-state index contributed by atoms with van der Waals surface area (Å²) in [6.45, 7) is -7.25. The van der Waals surface area contributed by atoms with Crippen LogP contribution in [0.1, 0.15) is 0 Å². The van der Waals surface area contributed by atoms with Crippen molar-refractivity contribution in [3.05, 3.63) is 0 Å². The van der Waals surface area contributed by atoms with E-state index in [4.69, 9.17) is 34.3 Å². The molecule has 0 rings (SSSR count). The SMILES string of the molecule is O=P(O)(O)P(O)(O)(O)P(=O)(O)O. The topological polar surface area (TPSA) is 176 Å². The first kappa shape index (κ1) is 12.6. The number of hydrogen-bond acceptors (Lipinski definition) is 5. The summed E-state index contributed by atoms with van der Waals surface area (Å²) in [6.07, 6.45) is 0. The van der Waals surface area contributed by atoms with Crippen LogP contribution >= 0.6 is 21.2 Å². The van der Waals surface area contributed by atoms with Gasteiger partial charge in [-0.2, -0.15) is 0 Å². The molecular weight excluding hydrogens is 237 g/mol. The summed E-state index contributed by atoms with van der Waals surface area (Å²) in [5, 5.41) is 0. The zero-order valence-electron chi connectivity index (χ0n) is 5.29. The van der Waals surface area contributed by atoms with Crippen molar-refractivity contribution in [2.75, 3.05) is 0 Å². The third kappa shape index (κ3) is 1.62. The van der Waals surface area contributed by atoms with Crippen molar-refractivity contribution in [2.45, 2.75) is 0 Å². The van der Waals surface area contributed by atoms with Gasteiger partial charge in [-0.3, -0.25) is 0 Å². The second-order valence-corrected chi connectivity index (χ2v) is 14.3. The van der Waals surface area contributed by atoms with Gasteiger partial charge >= 0.3 is 64.6 Å². The van der Waals surface area contributed by atoms with E-state index in [0.717, 1.165) is 0 Å². The van der Waals surface area contributed by atoms with Crippen LogP contribution in [0, 0.1) is 0 Å². The van der Waals surface area contributed by atoms with Gasteiger partial charge in [0.05, 0.1) is 0 Å². The Balaban J connectivity index is 5.63. The molecule has 0 saturated carbocycles. The Morgan fingerprint density at radius 2 is 0.917 bits per heavy atom. The molecular formula is H7O9P3. The van der Waals surface area contributed by atoms with Crippen LogP contribution in [-0.4, -0.2) is 34.3 Å². The minimum absolute atomic E-state index is 6.07. The van der Waals surface area contributed by atoms with E-state index in [1.54, 1.807) is 0 Å². The summed E-state index contributed by atoms with van der Waals surface area (Å²) >= 11 is 0. The van der Waals surface area contributed by atoms with Gasteiger partial charge in [0.25, 0.3) is 0 Å². The summed E-state index contributed by atoms with van der Waals surface area (Å²) in [5.41, 5.74) is 0. The molecule has 0 aliphatic carbocycles. The van der Waals surface area contributed by atoms with Crippen LogP contribution in [0.25, 0.3) is 0 Å². The van der Waals surface area contributed by atoms with Gasteiger partial charge in [0, 0.05) is 0 Å².